The molecule has 41 heavy (non-hydrogen) atoms. The number of hydrogen-bond donors (Lipinski definition) is 1. The predicted octanol–water partition coefficient (Wildman–Crippen LogP) is 5.66. The number of sulfonamides is 1. The van der Waals surface area contributed by atoms with Gasteiger partial charge in [0.15, 0.2) is 0 Å². The first-order chi connectivity index (χ1) is 19.2. The fourth-order valence-electron chi connectivity index (χ4n) is 4.18. The third-order valence-electron chi connectivity index (χ3n) is 6.09. The van der Waals surface area contributed by atoms with Gasteiger partial charge in [-0.05, 0) is 48.4 Å². The molecule has 220 valence electrons. The highest BCUT2D eigenvalue weighted by Gasteiger charge is 2.36. The van der Waals surface area contributed by atoms with Gasteiger partial charge in [-0.3, -0.25) is 13.9 Å². The van der Waals surface area contributed by atoms with Crippen LogP contribution in [0.5, 0.6) is 0 Å². The lowest BCUT2D eigenvalue weighted by Crippen LogP contribution is -2.53. The minimum atomic E-state index is -4.86. The van der Waals surface area contributed by atoms with Gasteiger partial charge in [0.2, 0.25) is 21.8 Å². The minimum absolute atomic E-state index is 0.0705. The van der Waals surface area contributed by atoms with E-state index in [1.54, 1.807) is 61.5 Å². The fourth-order valence-corrected chi connectivity index (χ4v) is 5.69. The van der Waals surface area contributed by atoms with E-state index >= 15 is 0 Å². The number of rotatable bonds is 11. The van der Waals surface area contributed by atoms with Crippen molar-refractivity contribution in [3.8, 4) is 0 Å². The lowest BCUT2D eigenvalue weighted by atomic mass is 10.0. The number of likely N-dealkylation sites (N-methyl/N-ethyl adjacent to an activating group) is 1. The van der Waals surface area contributed by atoms with Gasteiger partial charge in [0.25, 0.3) is 0 Å². The summed E-state index contributed by atoms with van der Waals surface area (Å²) in [5.41, 5.74) is -0.235. The van der Waals surface area contributed by atoms with Crippen molar-refractivity contribution in [2.24, 2.45) is 0 Å². The third-order valence-corrected chi connectivity index (χ3v) is 8.05. The Hall–Kier alpha value is -3.09. The van der Waals surface area contributed by atoms with Gasteiger partial charge in [-0.2, -0.15) is 13.2 Å². The van der Waals surface area contributed by atoms with E-state index in [-0.39, 0.29) is 19.5 Å². The van der Waals surface area contributed by atoms with Gasteiger partial charge >= 0.3 is 6.18 Å². The average molecular weight is 675 g/mol. The van der Waals surface area contributed by atoms with Crippen LogP contribution >= 0.6 is 27.5 Å². The normalized spacial score (nSPS) is 12.5. The van der Waals surface area contributed by atoms with E-state index in [1.165, 1.54) is 4.90 Å². The van der Waals surface area contributed by atoms with Crippen molar-refractivity contribution in [1.29, 1.82) is 0 Å². The van der Waals surface area contributed by atoms with Crippen LogP contribution in [0.2, 0.25) is 5.02 Å². The molecule has 0 saturated carbocycles. The molecule has 3 rings (SSSR count). The fraction of sp³-hybridized carbons (Fsp3) is 0.286. The smallest absolute Gasteiger partial charge is 0.355 e. The molecule has 0 aliphatic heterocycles. The summed E-state index contributed by atoms with van der Waals surface area (Å²) in [7, 11) is -4.25. The molecule has 1 atom stereocenters. The standard InChI is InChI=1S/C28H28BrClF3N3O4S/c1-3-34-27(38)25(15-19-8-5-4-6-9-19)35(17-20-10-7-11-21(29)14-20)26(37)18-36(41(2,39)40)22-12-13-24(30)23(16-22)28(31,32)33/h4-14,16,25H,3,15,17-18H2,1-2H3,(H,34,38). The van der Waals surface area contributed by atoms with Crippen molar-refractivity contribution in [2.75, 3.05) is 23.7 Å². The first-order valence-corrected chi connectivity index (χ1v) is 15.4. The van der Waals surface area contributed by atoms with E-state index in [4.69, 9.17) is 11.6 Å². The number of benzene rings is 3. The SMILES string of the molecule is CCNC(=O)C(Cc1ccccc1)N(Cc1cccc(Br)c1)C(=O)CN(c1ccc(Cl)c(C(F)(F)F)c1)S(C)(=O)=O. The Labute approximate surface area is 250 Å². The highest BCUT2D eigenvalue weighted by Crippen LogP contribution is 2.37. The van der Waals surface area contributed by atoms with E-state index in [1.807, 2.05) is 0 Å². The highest BCUT2D eigenvalue weighted by atomic mass is 79.9. The summed E-state index contributed by atoms with van der Waals surface area (Å²) in [6.45, 7) is 1.08. The van der Waals surface area contributed by atoms with E-state index in [0.29, 0.717) is 15.9 Å². The van der Waals surface area contributed by atoms with Gasteiger partial charge in [-0.1, -0.05) is 70.0 Å². The number of halogens is 5. The molecule has 0 spiro atoms. The van der Waals surface area contributed by atoms with Crippen LogP contribution in [0.25, 0.3) is 0 Å². The zero-order chi connectivity index (χ0) is 30.4. The van der Waals surface area contributed by atoms with Gasteiger partial charge in [0.05, 0.1) is 22.5 Å². The van der Waals surface area contributed by atoms with E-state index in [0.717, 1.165) is 28.4 Å². The molecule has 3 aromatic rings. The lowest BCUT2D eigenvalue weighted by molar-refractivity contribution is -0.140. The molecule has 0 heterocycles. The first-order valence-electron chi connectivity index (χ1n) is 12.4. The van der Waals surface area contributed by atoms with Crippen LogP contribution in [0.15, 0.2) is 77.3 Å². The molecule has 0 saturated heterocycles. The van der Waals surface area contributed by atoms with Crippen molar-refractivity contribution in [2.45, 2.75) is 32.1 Å². The summed E-state index contributed by atoms with van der Waals surface area (Å²) in [4.78, 5) is 28.5. The van der Waals surface area contributed by atoms with Crippen LogP contribution in [-0.2, 0) is 38.8 Å². The van der Waals surface area contributed by atoms with Gasteiger partial charge in [0.1, 0.15) is 12.6 Å². The second kappa shape index (κ2) is 13.7. The number of anilines is 1. The molecule has 0 aromatic heterocycles. The summed E-state index contributed by atoms with van der Waals surface area (Å²) >= 11 is 9.12. The number of amides is 2. The van der Waals surface area contributed by atoms with Crippen LogP contribution in [0, 0.1) is 0 Å². The van der Waals surface area contributed by atoms with Gasteiger partial charge in [-0.25, -0.2) is 8.42 Å². The summed E-state index contributed by atoms with van der Waals surface area (Å²) in [6, 6.07) is 17.5. The molecule has 3 aromatic carbocycles. The Balaban J connectivity index is 2.09. The Morgan fingerprint density at radius 2 is 1.66 bits per heavy atom. The summed E-state index contributed by atoms with van der Waals surface area (Å²) < 4.78 is 67.5. The van der Waals surface area contributed by atoms with Crippen molar-refractivity contribution < 1.29 is 31.2 Å². The zero-order valence-corrected chi connectivity index (χ0v) is 25.3. The number of nitrogens with zero attached hydrogens (tertiary/aromatic N) is 2. The van der Waals surface area contributed by atoms with Crippen molar-refractivity contribution in [1.82, 2.24) is 10.2 Å². The monoisotopic (exact) mass is 673 g/mol. The molecule has 13 heteroatoms. The Morgan fingerprint density at radius 3 is 2.24 bits per heavy atom. The molecular formula is C28H28BrClF3N3O4S. The van der Waals surface area contributed by atoms with Gasteiger partial charge < -0.3 is 10.2 Å². The molecule has 2 amide bonds. The van der Waals surface area contributed by atoms with Crippen LogP contribution in [0.3, 0.4) is 0 Å². The number of carbonyl (C=O) groups excluding carboxylic acids is 2. The van der Waals surface area contributed by atoms with Crippen LogP contribution < -0.4 is 9.62 Å². The molecule has 0 radical (unpaired) electrons. The summed E-state index contributed by atoms with van der Waals surface area (Å²) in [5.74, 6) is -1.25. The van der Waals surface area contributed by atoms with Crippen molar-refractivity contribution >= 4 is 55.1 Å². The Morgan fingerprint density at radius 1 is 1.00 bits per heavy atom. The number of carbonyl (C=O) groups is 2. The lowest BCUT2D eigenvalue weighted by Gasteiger charge is -2.33. The van der Waals surface area contributed by atoms with E-state index < -0.39 is 56.9 Å². The Kier molecular flexibility index (Phi) is 10.8. The number of hydrogen-bond acceptors (Lipinski definition) is 4. The first kappa shape index (κ1) is 32.4. The molecule has 1 unspecified atom stereocenters. The molecule has 1 N–H and O–H groups in total. The molecule has 0 aliphatic rings. The molecule has 0 fully saturated rings. The molecule has 0 aliphatic carbocycles. The third kappa shape index (κ3) is 8.95. The van der Waals surface area contributed by atoms with Crippen molar-refractivity contribution in [3.63, 3.8) is 0 Å². The molecule has 7 nitrogen and oxygen atoms in total. The highest BCUT2D eigenvalue weighted by molar-refractivity contribution is 9.10. The quantitative estimate of drug-likeness (QED) is 0.284. The van der Waals surface area contributed by atoms with Crippen molar-refractivity contribution in [3.05, 3.63) is 99.0 Å². The topological polar surface area (TPSA) is 86.8 Å². The number of alkyl halides is 3. The minimum Gasteiger partial charge on any atom is -0.355 e. The summed E-state index contributed by atoms with van der Waals surface area (Å²) in [6.07, 6.45) is -3.96. The Bertz CT molecular complexity index is 1490. The second-order valence-electron chi connectivity index (χ2n) is 9.18. The van der Waals surface area contributed by atoms with Crippen LogP contribution in [0.4, 0.5) is 18.9 Å². The zero-order valence-electron chi connectivity index (χ0n) is 22.2. The maximum Gasteiger partial charge on any atom is 0.417 e. The van der Waals surface area contributed by atoms with Crippen LogP contribution in [0.1, 0.15) is 23.6 Å². The molecule has 0 bridgehead atoms. The molecular weight excluding hydrogens is 647 g/mol. The maximum absolute atomic E-state index is 13.9. The maximum atomic E-state index is 13.9. The number of nitrogens with one attached hydrogen (secondary N) is 1. The largest absolute Gasteiger partial charge is 0.417 e. The van der Waals surface area contributed by atoms with Gasteiger partial charge in [0, 0.05) is 24.0 Å². The average Bonchev–Trinajstić information content (AvgIpc) is 2.89. The predicted molar refractivity (Wildman–Crippen MR) is 156 cm³/mol. The van der Waals surface area contributed by atoms with Gasteiger partial charge in [-0.15, -0.1) is 0 Å². The van der Waals surface area contributed by atoms with E-state index in [9.17, 15) is 31.2 Å². The summed E-state index contributed by atoms with van der Waals surface area (Å²) in [5, 5.41) is 2.12. The van der Waals surface area contributed by atoms with Crippen LogP contribution in [-0.4, -0.2) is 50.5 Å². The van der Waals surface area contributed by atoms with E-state index in [2.05, 4.69) is 21.2 Å². The second-order valence-corrected chi connectivity index (χ2v) is 12.4.